The van der Waals surface area contributed by atoms with Crippen LogP contribution >= 0.6 is 0 Å². The molecule has 17 heavy (non-hydrogen) atoms. The SMILES string of the molecule is CC(C)(C)OC(=O)N1[C@H]2CCC[C@H]1CC(N)C2. The Bertz CT molecular complexity index is 284. The first-order valence-electron chi connectivity index (χ1n) is 6.64. The second-order valence-corrected chi connectivity index (χ2v) is 6.36. The summed E-state index contributed by atoms with van der Waals surface area (Å²) in [5.74, 6) is 0. The molecule has 0 spiro atoms. The number of piperidine rings is 2. The van der Waals surface area contributed by atoms with Gasteiger partial charge < -0.3 is 15.4 Å². The molecule has 0 aliphatic carbocycles. The molecule has 4 nitrogen and oxygen atoms in total. The minimum absolute atomic E-state index is 0.154. The summed E-state index contributed by atoms with van der Waals surface area (Å²) >= 11 is 0. The number of carbonyl (C=O) groups excluding carboxylic acids is 1. The van der Waals surface area contributed by atoms with Crippen molar-refractivity contribution < 1.29 is 9.53 Å². The highest BCUT2D eigenvalue weighted by atomic mass is 16.6. The average molecular weight is 240 g/mol. The Morgan fingerprint density at radius 2 is 1.76 bits per heavy atom. The molecule has 2 fully saturated rings. The maximum Gasteiger partial charge on any atom is 0.410 e. The number of ether oxygens (including phenoxy) is 1. The average Bonchev–Trinajstić information content (AvgIpc) is 2.12. The Labute approximate surface area is 103 Å². The lowest BCUT2D eigenvalue weighted by Gasteiger charge is -2.47. The molecule has 2 rings (SSSR count). The molecule has 0 aromatic rings. The number of rotatable bonds is 0. The number of nitrogens with two attached hydrogens (primary N) is 1. The third kappa shape index (κ3) is 2.92. The van der Waals surface area contributed by atoms with Crippen LogP contribution in [-0.4, -0.2) is 34.7 Å². The van der Waals surface area contributed by atoms with Crippen LogP contribution in [0.3, 0.4) is 0 Å². The lowest BCUT2D eigenvalue weighted by molar-refractivity contribution is -0.0210. The van der Waals surface area contributed by atoms with Gasteiger partial charge in [-0.2, -0.15) is 0 Å². The topological polar surface area (TPSA) is 55.6 Å². The van der Waals surface area contributed by atoms with Gasteiger partial charge in [-0.15, -0.1) is 0 Å². The lowest BCUT2D eigenvalue weighted by Crippen LogP contribution is -2.58. The van der Waals surface area contributed by atoms with Crippen molar-refractivity contribution in [3.8, 4) is 0 Å². The predicted molar refractivity (Wildman–Crippen MR) is 66.7 cm³/mol. The Hall–Kier alpha value is -0.770. The van der Waals surface area contributed by atoms with E-state index in [0.717, 1.165) is 25.7 Å². The summed E-state index contributed by atoms with van der Waals surface area (Å²) in [6.07, 6.45) is 5.05. The van der Waals surface area contributed by atoms with Crippen LogP contribution in [-0.2, 0) is 4.74 Å². The smallest absolute Gasteiger partial charge is 0.410 e. The fourth-order valence-corrected chi connectivity index (χ4v) is 3.04. The van der Waals surface area contributed by atoms with Crippen LogP contribution in [0.5, 0.6) is 0 Å². The molecule has 0 unspecified atom stereocenters. The molecule has 2 bridgehead atoms. The molecular weight excluding hydrogens is 216 g/mol. The van der Waals surface area contributed by atoms with E-state index in [1.165, 1.54) is 6.42 Å². The van der Waals surface area contributed by atoms with Gasteiger partial charge in [-0.25, -0.2) is 4.79 Å². The highest BCUT2D eigenvalue weighted by Crippen LogP contribution is 2.34. The highest BCUT2D eigenvalue weighted by molar-refractivity contribution is 5.69. The van der Waals surface area contributed by atoms with Crippen LogP contribution < -0.4 is 5.73 Å². The van der Waals surface area contributed by atoms with E-state index in [-0.39, 0.29) is 12.1 Å². The maximum absolute atomic E-state index is 12.2. The normalized spacial score (nSPS) is 33.4. The molecule has 2 atom stereocenters. The van der Waals surface area contributed by atoms with Gasteiger partial charge in [0, 0.05) is 18.1 Å². The van der Waals surface area contributed by atoms with Gasteiger partial charge >= 0.3 is 6.09 Å². The van der Waals surface area contributed by atoms with Crippen molar-refractivity contribution in [1.82, 2.24) is 4.90 Å². The number of carbonyl (C=O) groups is 1. The van der Waals surface area contributed by atoms with Crippen molar-refractivity contribution in [2.75, 3.05) is 0 Å². The highest BCUT2D eigenvalue weighted by Gasteiger charge is 2.41. The van der Waals surface area contributed by atoms with Crippen molar-refractivity contribution >= 4 is 6.09 Å². The van der Waals surface area contributed by atoms with Crippen molar-refractivity contribution in [3.63, 3.8) is 0 Å². The van der Waals surface area contributed by atoms with Gasteiger partial charge in [-0.3, -0.25) is 0 Å². The monoisotopic (exact) mass is 240 g/mol. The van der Waals surface area contributed by atoms with Crippen molar-refractivity contribution in [2.45, 2.75) is 76.6 Å². The van der Waals surface area contributed by atoms with E-state index in [1.54, 1.807) is 0 Å². The summed E-state index contributed by atoms with van der Waals surface area (Å²) in [5.41, 5.74) is 5.62. The molecule has 0 radical (unpaired) electrons. The summed E-state index contributed by atoms with van der Waals surface area (Å²) in [6.45, 7) is 5.74. The fourth-order valence-electron chi connectivity index (χ4n) is 3.04. The van der Waals surface area contributed by atoms with E-state index in [9.17, 15) is 4.79 Å². The van der Waals surface area contributed by atoms with Crippen molar-refractivity contribution in [2.24, 2.45) is 5.73 Å². The second-order valence-electron chi connectivity index (χ2n) is 6.36. The largest absolute Gasteiger partial charge is 0.444 e. The lowest BCUT2D eigenvalue weighted by atomic mass is 9.82. The summed E-state index contributed by atoms with van der Waals surface area (Å²) in [4.78, 5) is 14.2. The van der Waals surface area contributed by atoms with Crippen LogP contribution in [0.25, 0.3) is 0 Å². The van der Waals surface area contributed by atoms with Gasteiger partial charge in [-0.05, 0) is 52.9 Å². The van der Waals surface area contributed by atoms with E-state index in [4.69, 9.17) is 10.5 Å². The third-order valence-electron chi connectivity index (χ3n) is 3.62. The van der Waals surface area contributed by atoms with E-state index in [2.05, 4.69) is 0 Å². The maximum atomic E-state index is 12.2. The first-order valence-corrected chi connectivity index (χ1v) is 6.64. The Balaban J connectivity index is 2.07. The summed E-state index contributed by atoms with van der Waals surface area (Å²) < 4.78 is 5.49. The molecule has 2 heterocycles. The second kappa shape index (κ2) is 4.48. The van der Waals surface area contributed by atoms with Gasteiger partial charge in [0.15, 0.2) is 0 Å². The molecule has 0 aromatic heterocycles. The van der Waals surface area contributed by atoms with Crippen LogP contribution in [0.2, 0.25) is 0 Å². The Morgan fingerprint density at radius 1 is 1.24 bits per heavy atom. The first kappa shape index (κ1) is 12.7. The van der Waals surface area contributed by atoms with Crippen molar-refractivity contribution in [3.05, 3.63) is 0 Å². The van der Waals surface area contributed by atoms with Crippen LogP contribution in [0.1, 0.15) is 52.9 Å². The number of fused-ring (bicyclic) bond motifs is 2. The fraction of sp³-hybridized carbons (Fsp3) is 0.923. The zero-order chi connectivity index (χ0) is 12.6. The Morgan fingerprint density at radius 3 is 2.24 bits per heavy atom. The molecule has 98 valence electrons. The Kier molecular flexibility index (Phi) is 3.34. The molecule has 2 saturated heterocycles. The van der Waals surface area contributed by atoms with E-state index in [0.29, 0.717) is 12.1 Å². The molecule has 2 N–H and O–H groups in total. The minimum Gasteiger partial charge on any atom is -0.444 e. The zero-order valence-corrected chi connectivity index (χ0v) is 11.1. The summed E-state index contributed by atoms with van der Waals surface area (Å²) in [7, 11) is 0. The molecular formula is C13H24N2O2. The number of amides is 1. The van der Waals surface area contributed by atoms with Gasteiger partial charge in [0.1, 0.15) is 5.60 Å². The summed E-state index contributed by atoms with van der Waals surface area (Å²) in [6, 6.07) is 0.851. The minimum atomic E-state index is -0.412. The van der Waals surface area contributed by atoms with Gasteiger partial charge in [0.2, 0.25) is 0 Å². The quantitative estimate of drug-likeness (QED) is 0.706. The predicted octanol–water partition coefficient (Wildman–Crippen LogP) is 2.27. The molecule has 1 amide bonds. The van der Waals surface area contributed by atoms with Crippen LogP contribution in [0, 0.1) is 0 Å². The van der Waals surface area contributed by atoms with Crippen molar-refractivity contribution in [1.29, 1.82) is 0 Å². The van der Waals surface area contributed by atoms with E-state index < -0.39 is 5.60 Å². The van der Waals surface area contributed by atoms with Gasteiger partial charge in [-0.1, -0.05) is 0 Å². The molecule has 0 aromatic carbocycles. The van der Waals surface area contributed by atoms with E-state index >= 15 is 0 Å². The third-order valence-corrected chi connectivity index (χ3v) is 3.62. The molecule has 4 heteroatoms. The number of hydrogen-bond acceptors (Lipinski definition) is 3. The van der Waals surface area contributed by atoms with Gasteiger partial charge in [0.05, 0.1) is 0 Å². The van der Waals surface area contributed by atoms with Crippen LogP contribution in [0.4, 0.5) is 4.79 Å². The number of nitrogens with zero attached hydrogens (tertiary/aromatic N) is 1. The number of hydrogen-bond donors (Lipinski definition) is 1. The van der Waals surface area contributed by atoms with Crippen LogP contribution in [0.15, 0.2) is 0 Å². The zero-order valence-electron chi connectivity index (χ0n) is 11.1. The van der Waals surface area contributed by atoms with E-state index in [1.807, 2.05) is 25.7 Å². The first-order chi connectivity index (χ1) is 7.87. The van der Waals surface area contributed by atoms with Gasteiger partial charge in [0.25, 0.3) is 0 Å². The summed E-state index contributed by atoms with van der Waals surface area (Å²) in [5, 5.41) is 0. The standard InChI is InChI=1S/C13H24N2O2/c1-13(2,3)17-12(16)15-10-5-4-6-11(15)8-9(14)7-10/h9-11H,4-8,14H2,1-3H3/t10-,11-/m0/s1. The molecule has 2 aliphatic rings. The molecule has 0 saturated carbocycles. The molecule has 2 aliphatic heterocycles.